The van der Waals surface area contributed by atoms with Gasteiger partial charge in [-0.2, -0.15) is 0 Å². The monoisotopic (exact) mass is 148 g/mol. The zero-order valence-electron chi connectivity index (χ0n) is 5.58. The summed E-state index contributed by atoms with van der Waals surface area (Å²) in [6, 6.07) is 8.47. The van der Waals surface area contributed by atoms with Gasteiger partial charge in [0.05, 0.1) is 0 Å². The molecule has 1 aromatic rings. The van der Waals surface area contributed by atoms with Crippen molar-refractivity contribution in [1.29, 1.82) is 0 Å². The smallest absolute Gasteiger partial charge is 0.0164 e. The van der Waals surface area contributed by atoms with Gasteiger partial charge in [0, 0.05) is 5.75 Å². The van der Waals surface area contributed by atoms with Crippen LogP contribution in [0.5, 0.6) is 0 Å². The summed E-state index contributed by atoms with van der Waals surface area (Å²) in [5.41, 5.74) is 0. The largest absolute Gasteiger partial charge is 0.129 e. The van der Waals surface area contributed by atoms with Gasteiger partial charge in [0.2, 0.25) is 0 Å². The summed E-state index contributed by atoms with van der Waals surface area (Å²) in [6.45, 7) is 0. The lowest BCUT2D eigenvalue weighted by Crippen LogP contribution is -2.25. The van der Waals surface area contributed by atoms with E-state index in [0.717, 1.165) is 5.75 Å². The molecule has 0 amide bonds. The summed E-state index contributed by atoms with van der Waals surface area (Å²) in [5, 5.41) is 4.95. The third kappa shape index (κ3) is 0.971. The van der Waals surface area contributed by atoms with Gasteiger partial charge in [0.15, 0.2) is 0 Å². The highest BCUT2D eigenvalue weighted by molar-refractivity contribution is 8.06. The van der Waals surface area contributed by atoms with Gasteiger partial charge in [0.1, 0.15) is 0 Å². The zero-order valence-corrected chi connectivity index (χ0v) is 6.40. The minimum Gasteiger partial charge on any atom is -0.129 e. The highest BCUT2D eigenvalue weighted by Gasteiger charge is 1.89. The number of thioether (sulfide) groups is 1. The van der Waals surface area contributed by atoms with Crippen molar-refractivity contribution in [1.82, 2.24) is 0 Å². The van der Waals surface area contributed by atoms with Gasteiger partial charge in [-0.15, -0.1) is 11.8 Å². The number of benzene rings is 1. The van der Waals surface area contributed by atoms with Gasteiger partial charge >= 0.3 is 0 Å². The van der Waals surface area contributed by atoms with Crippen LogP contribution in [0.1, 0.15) is 0 Å². The first-order valence-electron chi connectivity index (χ1n) is 3.34. The maximum Gasteiger partial charge on any atom is 0.0164 e. The van der Waals surface area contributed by atoms with E-state index in [-0.39, 0.29) is 0 Å². The first-order valence-corrected chi connectivity index (χ1v) is 4.39. The van der Waals surface area contributed by atoms with Gasteiger partial charge in [0.25, 0.3) is 0 Å². The van der Waals surface area contributed by atoms with Crippen LogP contribution in [0.25, 0.3) is 11.5 Å². The van der Waals surface area contributed by atoms with Gasteiger partial charge in [-0.25, -0.2) is 0 Å². The molecule has 0 N–H and O–H groups in total. The van der Waals surface area contributed by atoms with Crippen molar-refractivity contribution in [2.45, 2.75) is 0 Å². The molecule has 1 aliphatic heterocycles. The molecule has 10 heavy (non-hydrogen) atoms. The van der Waals surface area contributed by atoms with E-state index >= 15 is 0 Å². The normalized spacial score (nSPS) is 14.8. The third-order valence-electron chi connectivity index (χ3n) is 1.61. The highest BCUT2D eigenvalue weighted by Crippen LogP contribution is 2.02. The van der Waals surface area contributed by atoms with Gasteiger partial charge in [-0.1, -0.05) is 30.3 Å². The second-order valence-electron chi connectivity index (χ2n) is 2.28. The lowest BCUT2D eigenvalue weighted by Gasteiger charge is -1.96. The Morgan fingerprint density at radius 1 is 1.10 bits per heavy atom. The topological polar surface area (TPSA) is 0 Å². The van der Waals surface area contributed by atoms with Crippen LogP contribution in [0.4, 0.5) is 0 Å². The molecule has 1 aliphatic rings. The van der Waals surface area contributed by atoms with Crippen molar-refractivity contribution in [3.05, 3.63) is 34.7 Å². The van der Waals surface area contributed by atoms with Crippen LogP contribution >= 0.6 is 11.8 Å². The van der Waals surface area contributed by atoms with E-state index in [0.29, 0.717) is 0 Å². The molecule has 0 atom stereocenters. The number of fused-ring (bicyclic) bond motifs is 1. The molecule has 0 spiro atoms. The highest BCUT2D eigenvalue weighted by atomic mass is 32.2. The molecule has 0 saturated heterocycles. The van der Waals surface area contributed by atoms with Crippen molar-refractivity contribution in [2.24, 2.45) is 0 Å². The SMILES string of the molecule is C1=c2ccccc2=CSC1. The summed E-state index contributed by atoms with van der Waals surface area (Å²) in [6.07, 6.45) is 2.26. The Hall–Kier alpha value is -0.690. The fourth-order valence-corrected chi connectivity index (χ4v) is 1.85. The molecule has 0 aromatic heterocycles. The lowest BCUT2D eigenvalue weighted by molar-refractivity contribution is 1.51. The number of rotatable bonds is 0. The van der Waals surface area contributed by atoms with Gasteiger partial charge in [-0.05, 0) is 15.8 Å². The number of hydrogen-bond acceptors (Lipinski definition) is 1. The van der Waals surface area contributed by atoms with Crippen LogP contribution in [0, 0.1) is 0 Å². The minimum atomic E-state index is 1.12. The predicted octanol–water partition coefficient (Wildman–Crippen LogP) is 0.952. The predicted molar refractivity (Wildman–Crippen MR) is 47.1 cm³/mol. The van der Waals surface area contributed by atoms with Crippen LogP contribution in [0.15, 0.2) is 24.3 Å². The van der Waals surface area contributed by atoms with E-state index < -0.39 is 0 Å². The Bertz CT molecular complexity index is 303. The summed E-state index contributed by atoms with van der Waals surface area (Å²) in [5.74, 6) is 1.12. The van der Waals surface area contributed by atoms with Crippen LogP contribution in [-0.4, -0.2) is 5.75 Å². The fourth-order valence-electron chi connectivity index (χ4n) is 1.08. The molecule has 0 nitrogen and oxygen atoms in total. The molecule has 0 unspecified atom stereocenters. The Kier molecular flexibility index (Phi) is 1.52. The third-order valence-corrected chi connectivity index (χ3v) is 2.39. The standard InChI is InChI=1S/C9H8S/c1-2-4-9-7-10-6-5-8(9)3-1/h1-5,7H,6H2. The van der Waals surface area contributed by atoms with E-state index in [1.54, 1.807) is 0 Å². The van der Waals surface area contributed by atoms with Gasteiger partial charge in [-0.3, -0.25) is 0 Å². The van der Waals surface area contributed by atoms with Crippen molar-refractivity contribution < 1.29 is 0 Å². The average Bonchev–Trinajstić information content (AvgIpc) is 2.05. The van der Waals surface area contributed by atoms with E-state index in [1.165, 1.54) is 10.4 Å². The van der Waals surface area contributed by atoms with Crippen molar-refractivity contribution in [3.63, 3.8) is 0 Å². The molecule has 0 saturated carbocycles. The van der Waals surface area contributed by atoms with Crippen LogP contribution < -0.4 is 10.4 Å². The van der Waals surface area contributed by atoms with Crippen molar-refractivity contribution in [2.75, 3.05) is 5.75 Å². The van der Waals surface area contributed by atoms with Crippen LogP contribution in [0.2, 0.25) is 0 Å². The maximum absolute atomic E-state index is 2.26. The summed E-state index contributed by atoms with van der Waals surface area (Å²) >= 11 is 1.86. The molecule has 0 fully saturated rings. The molecular weight excluding hydrogens is 140 g/mol. The molecule has 1 aromatic carbocycles. The molecular formula is C9H8S. The molecule has 2 rings (SSSR count). The Morgan fingerprint density at radius 2 is 1.90 bits per heavy atom. The first-order chi connectivity index (χ1) is 4.97. The minimum absolute atomic E-state index is 1.12. The number of hydrogen-bond donors (Lipinski definition) is 0. The summed E-state index contributed by atoms with van der Waals surface area (Å²) in [7, 11) is 0. The fraction of sp³-hybridized carbons (Fsp3) is 0.111. The second kappa shape index (κ2) is 2.51. The average molecular weight is 148 g/mol. The first kappa shape index (κ1) is 6.05. The Labute approximate surface area is 64.3 Å². The van der Waals surface area contributed by atoms with Crippen LogP contribution in [-0.2, 0) is 0 Å². The molecule has 0 bridgehead atoms. The zero-order chi connectivity index (χ0) is 6.81. The van der Waals surface area contributed by atoms with E-state index in [4.69, 9.17) is 0 Å². The van der Waals surface area contributed by atoms with E-state index in [9.17, 15) is 0 Å². The molecule has 1 heteroatoms. The van der Waals surface area contributed by atoms with Crippen molar-refractivity contribution >= 4 is 23.2 Å². The second-order valence-corrected chi connectivity index (χ2v) is 3.19. The molecule has 1 heterocycles. The molecule has 50 valence electrons. The van der Waals surface area contributed by atoms with Crippen LogP contribution in [0.3, 0.4) is 0 Å². The van der Waals surface area contributed by atoms with E-state index in [1.807, 2.05) is 11.8 Å². The maximum atomic E-state index is 2.26. The Morgan fingerprint density at radius 3 is 2.70 bits per heavy atom. The van der Waals surface area contributed by atoms with Crippen molar-refractivity contribution in [3.8, 4) is 0 Å². The Balaban J connectivity index is 2.84. The quantitative estimate of drug-likeness (QED) is 0.528. The molecule has 0 radical (unpaired) electrons. The van der Waals surface area contributed by atoms with Gasteiger partial charge < -0.3 is 0 Å². The molecule has 0 aliphatic carbocycles. The van der Waals surface area contributed by atoms with E-state index in [2.05, 4.69) is 35.7 Å². The summed E-state index contributed by atoms with van der Waals surface area (Å²) < 4.78 is 0. The summed E-state index contributed by atoms with van der Waals surface area (Å²) in [4.78, 5) is 0. The lowest BCUT2D eigenvalue weighted by atomic mass is 10.2.